The third-order valence-electron chi connectivity index (χ3n) is 6.89. The summed E-state index contributed by atoms with van der Waals surface area (Å²) < 4.78 is 31.8. The summed E-state index contributed by atoms with van der Waals surface area (Å²) in [5.41, 5.74) is 3.06. The molecule has 176 valence electrons. The Morgan fingerprint density at radius 2 is 1.88 bits per heavy atom. The van der Waals surface area contributed by atoms with Crippen molar-refractivity contribution in [1.82, 2.24) is 13.9 Å². The maximum absolute atomic E-state index is 13.4. The van der Waals surface area contributed by atoms with Crippen molar-refractivity contribution in [2.75, 3.05) is 13.1 Å². The molecule has 5 rings (SSSR count). The van der Waals surface area contributed by atoms with Crippen LogP contribution in [0, 0.1) is 5.92 Å². The first-order valence-corrected chi connectivity index (χ1v) is 15.0. The molecule has 0 radical (unpaired) electrons. The van der Waals surface area contributed by atoms with Crippen molar-refractivity contribution in [3.8, 4) is 0 Å². The number of sulfonamides is 1. The predicted molar refractivity (Wildman–Crippen MR) is 138 cm³/mol. The molecule has 0 amide bonds. The number of aromatic nitrogens is 2. The van der Waals surface area contributed by atoms with E-state index >= 15 is 0 Å². The van der Waals surface area contributed by atoms with E-state index in [-0.39, 0.29) is 0 Å². The zero-order valence-corrected chi connectivity index (χ0v) is 22.1. The molecule has 1 aromatic heterocycles. The van der Waals surface area contributed by atoms with E-state index in [1.165, 1.54) is 18.4 Å². The van der Waals surface area contributed by atoms with Crippen molar-refractivity contribution in [3.05, 3.63) is 52.5 Å². The number of rotatable bonds is 6. The van der Waals surface area contributed by atoms with Crippen molar-refractivity contribution in [3.63, 3.8) is 0 Å². The lowest BCUT2D eigenvalue weighted by molar-refractivity contribution is 0.281. The summed E-state index contributed by atoms with van der Waals surface area (Å²) in [6, 6.07) is 14.3. The van der Waals surface area contributed by atoms with E-state index in [9.17, 15) is 8.42 Å². The van der Waals surface area contributed by atoms with Crippen LogP contribution in [-0.4, -0.2) is 35.4 Å². The van der Waals surface area contributed by atoms with Crippen LogP contribution in [0.1, 0.15) is 57.1 Å². The smallest absolute Gasteiger partial charge is 0.243 e. The maximum atomic E-state index is 13.4. The Bertz CT molecular complexity index is 1250. The first-order chi connectivity index (χ1) is 15.9. The Balaban J connectivity index is 1.50. The SMILES string of the molecule is C[C@H]1CCCN(S(=O)(=O)c2ccc3c(c2)nc(SCc2ccccc2Br)n3C2CCCC2)C1. The molecule has 0 bridgehead atoms. The van der Waals surface area contributed by atoms with Crippen LogP contribution in [0.4, 0.5) is 0 Å². The van der Waals surface area contributed by atoms with Gasteiger partial charge in [-0.25, -0.2) is 13.4 Å². The van der Waals surface area contributed by atoms with Gasteiger partial charge in [0.25, 0.3) is 0 Å². The molecule has 1 saturated heterocycles. The number of benzene rings is 2. The quantitative estimate of drug-likeness (QED) is 0.325. The highest BCUT2D eigenvalue weighted by molar-refractivity contribution is 9.10. The lowest BCUT2D eigenvalue weighted by atomic mass is 10.0. The lowest BCUT2D eigenvalue weighted by Crippen LogP contribution is -2.39. The molecular formula is C25H30BrN3O2S2. The van der Waals surface area contributed by atoms with Crippen LogP contribution in [0.3, 0.4) is 0 Å². The molecular weight excluding hydrogens is 518 g/mol. The molecule has 33 heavy (non-hydrogen) atoms. The number of fused-ring (bicyclic) bond motifs is 1. The minimum absolute atomic E-state index is 0.363. The second-order valence-electron chi connectivity index (χ2n) is 9.34. The molecule has 2 aromatic carbocycles. The Morgan fingerprint density at radius 3 is 2.64 bits per heavy atom. The number of imidazole rings is 1. The van der Waals surface area contributed by atoms with E-state index in [1.807, 2.05) is 12.1 Å². The standard InChI is InChI=1S/C25H30BrN3O2S2/c1-18-7-6-14-28(16-18)33(30,31)21-12-13-24-23(15-21)27-25(29(24)20-9-3-4-10-20)32-17-19-8-2-5-11-22(19)26/h2,5,8,11-13,15,18,20H,3-4,6-7,9-10,14,16-17H2,1H3/t18-/m0/s1. The van der Waals surface area contributed by atoms with Crippen LogP contribution in [0.15, 0.2) is 57.0 Å². The molecule has 1 aliphatic carbocycles. The summed E-state index contributed by atoms with van der Waals surface area (Å²) >= 11 is 5.38. The van der Waals surface area contributed by atoms with Crippen molar-refractivity contribution in [1.29, 1.82) is 0 Å². The predicted octanol–water partition coefficient (Wildman–Crippen LogP) is 6.63. The molecule has 3 aromatic rings. The van der Waals surface area contributed by atoms with E-state index in [0.29, 0.717) is 29.9 Å². The first kappa shape index (κ1) is 23.4. The molecule has 5 nitrogen and oxygen atoms in total. The fourth-order valence-electron chi connectivity index (χ4n) is 5.11. The summed E-state index contributed by atoms with van der Waals surface area (Å²) in [5, 5.41) is 0.980. The van der Waals surface area contributed by atoms with E-state index in [0.717, 1.165) is 52.1 Å². The van der Waals surface area contributed by atoms with Crippen LogP contribution in [-0.2, 0) is 15.8 Å². The number of hydrogen-bond donors (Lipinski definition) is 0. The van der Waals surface area contributed by atoms with Gasteiger partial charge in [-0.1, -0.05) is 65.7 Å². The van der Waals surface area contributed by atoms with Gasteiger partial charge < -0.3 is 4.57 Å². The van der Waals surface area contributed by atoms with Gasteiger partial charge >= 0.3 is 0 Å². The zero-order valence-electron chi connectivity index (χ0n) is 18.9. The normalized spacial score (nSPS) is 20.6. The van der Waals surface area contributed by atoms with Crippen LogP contribution in [0.25, 0.3) is 11.0 Å². The summed E-state index contributed by atoms with van der Waals surface area (Å²) in [5.74, 6) is 1.22. The number of halogens is 1. The Kier molecular flexibility index (Phi) is 6.89. The maximum Gasteiger partial charge on any atom is 0.243 e. The first-order valence-electron chi connectivity index (χ1n) is 11.8. The van der Waals surface area contributed by atoms with Crippen molar-refractivity contribution >= 4 is 48.7 Å². The van der Waals surface area contributed by atoms with E-state index in [2.05, 4.69) is 45.6 Å². The average molecular weight is 549 g/mol. The minimum Gasteiger partial charge on any atom is -0.316 e. The molecule has 1 aliphatic heterocycles. The molecule has 0 spiro atoms. The third kappa shape index (κ3) is 4.77. The van der Waals surface area contributed by atoms with E-state index in [1.54, 1.807) is 28.2 Å². The molecule has 8 heteroatoms. The van der Waals surface area contributed by atoms with Crippen molar-refractivity contribution < 1.29 is 8.42 Å². The number of nitrogens with zero attached hydrogens (tertiary/aromatic N) is 3. The van der Waals surface area contributed by atoms with Crippen LogP contribution in [0.2, 0.25) is 0 Å². The Labute approximate surface area is 209 Å². The van der Waals surface area contributed by atoms with Gasteiger partial charge in [0.05, 0.1) is 15.9 Å². The van der Waals surface area contributed by atoms with Crippen molar-refractivity contribution in [2.24, 2.45) is 5.92 Å². The Hall–Kier alpha value is -1.35. The van der Waals surface area contributed by atoms with E-state index < -0.39 is 10.0 Å². The second-order valence-corrected chi connectivity index (χ2v) is 13.1. The molecule has 2 aliphatic rings. The third-order valence-corrected chi connectivity index (χ3v) is 10.5. The number of hydrogen-bond acceptors (Lipinski definition) is 4. The fraction of sp³-hybridized carbons (Fsp3) is 0.480. The van der Waals surface area contributed by atoms with Crippen LogP contribution >= 0.6 is 27.7 Å². The summed E-state index contributed by atoms with van der Waals surface area (Å²) in [7, 11) is -3.50. The molecule has 1 saturated carbocycles. The van der Waals surface area contributed by atoms with Gasteiger partial charge in [-0.3, -0.25) is 0 Å². The molecule has 1 atom stereocenters. The largest absolute Gasteiger partial charge is 0.316 e. The lowest BCUT2D eigenvalue weighted by Gasteiger charge is -2.30. The zero-order chi connectivity index (χ0) is 23.0. The fourth-order valence-corrected chi connectivity index (χ4v) is 8.42. The van der Waals surface area contributed by atoms with Crippen molar-refractivity contribution in [2.45, 2.75) is 67.3 Å². The highest BCUT2D eigenvalue weighted by Crippen LogP contribution is 2.38. The van der Waals surface area contributed by atoms with Gasteiger partial charge in [-0.2, -0.15) is 4.31 Å². The van der Waals surface area contributed by atoms with Gasteiger partial charge in [0.2, 0.25) is 10.0 Å². The Morgan fingerprint density at radius 1 is 1.09 bits per heavy atom. The highest BCUT2D eigenvalue weighted by atomic mass is 79.9. The van der Waals surface area contributed by atoms with Gasteiger partial charge in [-0.05, 0) is 61.4 Å². The molecule has 0 N–H and O–H groups in total. The average Bonchev–Trinajstić information content (AvgIpc) is 3.45. The molecule has 2 heterocycles. The van der Waals surface area contributed by atoms with Crippen LogP contribution < -0.4 is 0 Å². The number of thioether (sulfide) groups is 1. The second kappa shape index (κ2) is 9.72. The topological polar surface area (TPSA) is 55.2 Å². The molecule has 2 fully saturated rings. The molecule has 0 unspecified atom stereocenters. The highest BCUT2D eigenvalue weighted by Gasteiger charge is 2.30. The summed E-state index contributed by atoms with van der Waals surface area (Å²) in [6.07, 6.45) is 6.79. The van der Waals surface area contributed by atoms with Gasteiger partial charge in [0, 0.05) is 29.4 Å². The van der Waals surface area contributed by atoms with Gasteiger partial charge in [-0.15, -0.1) is 0 Å². The summed E-state index contributed by atoms with van der Waals surface area (Å²) in [4.78, 5) is 5.33. The summed E-state index contributed by atoms with van der Waals surface area (Å²) in [6.45, 7) is 3.33. The monoisotopic (exact) mass is 547 g/mol. The minimum atomic E-state index is -3.50. The van der Waals surface area contributed by atoms with Gasteiger partial charge in [0.15, 0.2) is 5.16 Å². The van der Waals surface area contributed by atoms with E-state index in [4.69, 9.17) is 4.98 Å². The van der Waals surface area contributed by atoms with Gasteiger partial charge in [0.1, 0.15) is 0 Å². The van der Waals surface area contributed by atoms with Crippen LogP contribution in [0.5, 0.6) is 0 Å². The number of piperidine rings is 1.